The van der Waals surface area contributed by atoms with Crippen molar-refractivity contribution in [2.75, 3.05) is 6.54 Å². The molecule has 0 bridgehead atoms. The van der Waals surface area contributed by atoms with Crippen LogP contribution in [-0.2, 0) is 4.79 Å². The minimum atomic E-state index is -0.841. The van der Waals surface area contributed by atoms with E-state index in [1.165, 1.54) is 0 Å². The molecule has 0 aromatic carbocycles. The lowest BCUT2D eigenvalue weighted by atomic mass is 10.0. The van der Waals surface area contributed by atoms with Gasteiger partial charge in [0.2, 0.25) is 0 Å². The van der Waals surface area contributed by atoms with E-state index in [9.17, 15) is 9.59 Å². The predicted molar refractivity (Wildman–Crippen MR) is 69.4 cm³/mol. The van der Waals surface area contributed by atoms with E-state index in [1.54, 1.807) is 0 Å². The minimum absolute atomic E-state index is 0.204. The van der Waals surface area contributed by atoms with E-state index in [2.05, 4.69) is 17.6 Å². The van der Waals surface area contributed by atoms with E-state index < -0.39 is 11.9 Å². The van der Waals surface area contributed by atoms with E-state index >= 15 is 0 Å². The van der Waals surface area contributed by atoms with Gasteiger partial charge in [0.1, 0.15) is 0 Å². The molecule has 5 nitrogen and oxygen atoms in total. The molecule has 1 aliphatic carbocycles. The van der Waals surface area contributed by atoms with Crippen LogP contribution in [0.15, 0.2) is 0 Å². The van der Waals surface area contributed by atoms with Crippen LogP contribution in [0.5, 0.6) is 0 Å². The second-order valence-electron chi connectivity index (χ2n) is 5.19. The number of amides is 2. The highest BCUT2D eigenvalue weighted by molar-refractivity contribution is 5.76. The monoisotopic (exact) mass is 256 g/mol. The Morgan fingerprint density at radius 3 is 2.61 bits per heavy atom. The number of carbonyl (C=O) groups is 2. The molecule has 2 amide bonds. The molecule has 0 aliphatic heterocycles. The van der Waals surface area contributed by atoms with Crippen LogP contribution in [0.3, 0.4) is 0 Å². The van der Waals surface area contributed by atoms with E-state index in [1.807, 2.05) is 6.92 Å². The SMILES string of the molecule is CCCC(CNC(=O)NC1CCCC1C)C(=O)O. The summed E-state index contributed by atoms with van der Waals surface area (Å²) in [4.78, 5) is 22.6. The number of rotatable bonds is 6. The highest BCUT2D eigenvalue weighted by atomic mass is 16.4. The van der Waals surface area contributed by atoms with Gasteiger partial charge in [0.25, 0.3) is 0 Å². The first-order valence-electron chi connectivity index (χ1n) is 6.81. The highest BCUT2D eigenvalue weighted by Crippen LogP contribution is 2.24. The van der Waals surface area contributed by atoms with E-state index in [4.69, 9.17) is 5.11 Å². The Morgan fingerprint density at radius 2 is 2.11 bits per heavy atom. The number of urea groups is 1. The van der Waals surface area contributed by atoms with Crippen LogP contribution in [-0.4, -0.2) is 29.7 Å². The fourth-order valence-electron chi connectivity index (χ4n) is 2.46. The molecule has 1 saturated carbocycles. The van der Waals surface area contributed by atoms with Gasteiger partial charge < -0.3 is 15.7 Å². The summed E-state index contributed by atoms with van der Waals surface area (Å²) in [5.41, 5.74) is 0. The highest BCUT2D eigenvalue weighted by Gasteiger charge is 2.25. The maximum absolute atomic E-state index is 11.7. The van der Waals surface area contributed by atoms with Crippen LogP contribution in [0.2, 0.25) is 0 Å². The second kappa shape index (κ2) is 7.24. The van der Waals surface area contributed by atoms with Crippen LogP contribution in [0.1, 0.15) is 46.0 Å². The number of carbonyl (C=O) groups excluding carboxylic acids is 1. The first kappa shape index (κ1) is 14.8. The zero-order valence-corrected chi connectivity index (χ0v) is 11.2. The third kappa shape index (κ3) is 4.55. The number of hydrogen-bond acceptors (Lipinski definition) is 2. The fraction of sp³-hybridized carbons (Fsp3) is 0.846. The van der Waals surface area contributed by atoms with Crippen molar-refractivity contribution in [1.82, 2.24) is 10.6 Å². The van der Waals surface area contributed by atoms with Crippen molar-refractivity contribution in [3.05, 3.63) is 0 Å². The van der Waals surface area contributed by atoms with Gasteiger partial charge in [-0.05, 0) is 25.2 Å². The van der Waals surface area contributed by atoms with Crippen LogP contribution < -0.4 is 10.6 Å². The molecule has 0 aromatic heterocycles. The van der Waals surface area contributed by atoms with Gasteiger partial charge in [0.05, 0.1) is 5.92 Å². The maximum atomic E-state index is 11.7. The standard InChI is InChI=1S/C13H24N2O3/c1-3-5-10(12(16)17)8-14-13(18)15-11-7-4-6-9(11)2/h9-11H,3-8H2,1-2H3,(H,16,17)(H2,14,15,18). The number of nitrogens with one attached hydrogen (secondary N) is 2. The Labute approximate surface area is 108 Å². The maximum Gasteiger partial charge on any atom is 0.315 e. The first-order chi connectivity index (χ1) is 8.54. The summed E-state index contributed by atoms with van der Waals surface area (Å²) >= 11 is 0. The van der Waals surface area contributed by atoms with Gasteiger partial charge in [-0.1, -0.05) is 26.7 Å². The van der Waals surface area contributed by atoms with E-state index in [0.717, 1.165) is 25.7 Å². The van der Waals surface area contributed by atoms with Gasteiger partial charge in [0, 0.05) is 12.6 Å². The van der Waals surface area contributed by atoms with Gasteiger partial charge in [-0.3, -0.25) is 4.79 Å². The van der Waals surface area contributed by atoms with Crippen LogP contribution in [0, 0.1) is 11.8 Å². The number of carboxylic acid groups (broad SMARTS) is 1. The van der Waals surface area contributed by atoms with Crippen molar-refractivity contribution in [3.8, 4) is 0 Å². The third-order valence-electron chi connectivity index (χ3n) is 3.67. The van der Waals surface area contributed by atoms with Gasteiger partial charge in [0.15, 0.2) is 0 Å². The lowest BCUT2D eigenvalue weighted by Crippen LogP contribution is -2.45. The lowest BCUT2D eigenvalue weighted by molar-refractivity contribution is -0.141. The summed E-state index contributed by atoms with van der Waals surface area (Å²) < 4.78 is 0. The lowest BCUT2D eigenvalue weighted by Gasteiger charge is -2.19. The molecule has 0 spiro atoms. The van der Waals surface area contributed by atoms with E-state index in [-0.39, 0.29) is 18.6 Å². The van der Waals surface area contributed by atoms with Gasteiger partial charge in [-0.25, -0.2) is 4.79 Å². The molecule has 104 valence electrons. The minimum Gasteiger partial charge on any atom is -0.481 e. The largest absolute Gasteiger partial charge is 0.481 e. The summed E-state index contributed by atoms with van der Waals surface area (Å²) in [5.74, 6) is -0.810. The average molecular weight is 256 g/mol. The van der Waals surface area contributed by atoms with Crippen molar-refractivity contribution in [1.29, 1.82) is 0 Å². The Hall–Kier alpha value is -1.26. The number of aliphatic carboxylic acids is 1. The number of carboxylic acids is 1. The molecule has 1 fully saturated rings. The predicted octanol–water partition coefficient (Wildman–Crippen LogP) is 1.98. The summed E-state index contributed by atoms with van der Waals surface area (Å²) in [6.45, 7) is 4.28. The van der Waals surface area contributed by atoms with Crippen molar-refractivity contribution in [2.45, 2.75) is 52.0 Å². The summed E-state index contributed by atoms with van der Waals surface area (Å²) in [6, 6.07) is -0.00411. The summed E-state index contributed by atoms with van der Waals surface area (Å²) in [6.07, 6.45) is 4.72. The molecule has 1 aliphatic rings. The topological polar surface area (TPSA) is 78.4 Å². The molecular weight excluding hydrogens is 232 g/mol. The van der Waals surface area contributed by atoms with E-state index in [0.29, 0.717) is 12.3 Å². The van der Waals surface area contributed by atoms with Gasteiger partial charge in [-0.2, -0.15) is 0 Å². The van der Waals surface area contributed by atoms with Gasteiger partial charge >= 0.3 is 12.0 Å². The van der Waals surface area contributed by atoms with Crippen molar-refractivity contribution in [2.24, 2.45) is 11.8 Å². The average Bonchev–Trinajstić information content (AvgIpc) is 2.70. The van der Waals surface area contributed by atoms with Crippen LogP contribution in [0.4, 0.5) is 4.79 Å². The molecule has 3 N–H and O–H groups in total. The summed E-state index contributed by atoms with van der Waals surface area (Å²) in [5, 5.41) is 14.6. The second-order valence-corrected chi connectivity index (χ2v) is 5.19. The Bertz CT molecular complexity index is 294. The molecule has 3 unspecified atom stereocenters. The third-order valence-corrected chi connectivity index (χ3v) is 3.67. The summed E-state index contributed by atoms with van der Waals surface area (Å²) in [7, 11) is 0. The zero-order chi connectivity index (χ0) is 13.5. The first-order valence-corrected chi connectivity index (χ1v) is 6.81. The van der Waals surface area contributed by atoms with Crippen molar-refractivity contribution >= 4 is 12.0 Å². The molecule has 18 heavy (non-hydrogen) atoms. The molecule has 0 saturated heterocycles. The van der Waals surface area contributed by atoms with Crippen LogP contribution >= 0.6 is 0 Å². The Balaban J connectivity index is 2.29. The molecular formula is C13H24N2O3. The molecule has 0 radical (unpaired) electrons. The fourth-order valence-corrected chi connectivity index (χ4v) is 2.46. The van der Waals surface area contributed by atoms with Crippen molar-refractivity contribution < 1.29 is 14.7 Å². The molecule has 0 heterocycles. The van der Waals surface area contributed by atoms with Crippen LogP contribution in [0.25, 0.3) is 0 Å². The molecule has 1 rings (SSSR count). The molecule has 0 aromatic rings. The Morgan fingerprint density at radius 1 is 1.39 bits per heavy atom. The molecule has 3 atom stereocenters. The number of hydrogen-bond donors (Lipinski definition) is 3. The quantitative estimate of drug-likeness (QED) is 0.680. The molecule has 5 heteroatoms. The Kier molecular flexibility index (Phi) is 5.95. The zero-order valence-electron chi connectivity index (χ0n) is 11.2. The normalized spacial score (nSPS) is 24.6. The van der Waals surface area contributed by atoms with Crippen molar-refractivity contribution in [3.63, 3.8) is 0 Å². The smallest absolute Gasteiger partial charge is 0.315 e. The van der Waals surface area contributed by atoms with Gasteiger partial charge in [-0.15, -0.1) is 0 Å².